The lowest BCUT2D eigenvalue weighted by Crippen LogP contribution is -2.59. The molecular formula is C23H25FN4O3. The summed E-state index contributed by atoms with van der Waals surface area (Å²) in [4.78, 5) is 29.7. The standard InChI is InChI=1S/C23H25FN4O3/c1-16-22(30)28(19-8-3-2-4-9-19)27-20(26-16)21(29)25-15-23(10-12-31-13-11-23)17-6-5-7-18(24)14-17/h2-9,14,16H,10-13,15H2,1H3,(H,25,29)(H,26,27). The Hall–Kier alpha value is -3.26. The molecule has 8 heteroatoms. The molecule has 2 N–H and O–H groups in total. The number of benzene rings is 2. The van der Waals surface area contributed by atoms with Gasteiger partial charge in [-0.25, -0.2) is 14.4 Å². The zero-order valence-electron chi connectivity index (χ0n) is 17.3. The van der Waals surface area contributed by atoms with Crippen molar-refractivity contribution in [3.8, 4) is 0 Å². The maximum atomic E-state index is 13.9. The maximum absolute atomic E-state index is 13.9. The van der Waals surface area contributed by atoms with Gasteiger partial charge in [0.2, 0.25) is 5.84 Å². The van der Waals surface area contributed by atoms with Crippen LogP contribution in [0.3, 0.4) is 0 Å². The van der Waals surface area contributed by atoms with Gasteiger partial charge in [-0.05, 0) is 49.6 Å². The number of ether oxygens (including phenoxy) is 1. The first kappa shape index (κ1) is 21.0. The second-order valence-electron chi connectivity index (χ2n) is 7.86. The minimum absolute atomic E-state index is 0.0670. The summed E-state index contributed by atoms with van der Waals surface area (Å²) in [5, 5.41) is 4.28. The quantitative estimate of drug-likeness (QED) is 0.772. The lowest BCUT2D eigenvalue weighted by molar-refractivity contribution is -0.120. The molecule has 2 heterocycles. The number of carbonyl (C=O) groups is 2. The highest BCUT2D eigenvalue weighted by molar-refractivity contribution is 6.39. The van der Waals surface area contributed by atoms with Crippen LogP contribution in [0, 0.1) is 5.82 Å². The van der Waals surface area contributed by atoms with E-state index >= 15 is 0 Å². The van der Waals surface area contributed by atoms with Crippen LogP contribution in [-0.4, -0.2) is 43.5 Å². The Morgan fingerprint density at radius 2 is 1.97 bits per heavy atom. The molecule has 0 saturated carbocycles. The van der Waals surface area contributed by atoms with Gasteiger partial charge in [-0.3, -0.25) is 15.0 Å². The Morgan fingerprint density at radius 3 is 2.68 bits per heavy atom. The number of anilines is 1. The molecule has 0 radical (unpaired) electrons. The van der Waals surface area contributed by atoms with Gasteiger partial charge in [0.05, 0.1) is 5.69 Å². The molecular weight excluding hydrogens is 399 g/mol. The van der Waals surface area contributed by atoms with Crippen molar-refractivity contribution in [2.24, 2.45) is 4.99 Å². The first-order valence-corrected chi connectivity index (χ1v) is 10.3. The summed E-state index contributed by atoms with van der Waals surface area (Å²) in [5.41, 5.74) is 3.87. The summed E-state index contributed by atoms with van der Waals surface area (Å²) in [6.45, 7) is 3.05. The van der Waals surface area contributed by atoms with Gasteiger partial charge >= 0.3 is 0 Å². The number of hydrazine groups is 1. The maximum Gasteiger partial charge on any atom is 0.288 e. The second-order valence-corrected chi connectivity index (χ2v) is 7.86. The van der Waals surface area contributed by atoms with E-state index in [2.05, 4.69) is 15.7 Å². The third-order valence-electron chi connectivity index (χ3n) is 5.82. The number of carbonyl (C=O) groups excluding carboxylic acids is 2. The van der Waals surface area contributed by atoms with E-state index in [1.54, 1.807) is 25.1 Å². The second kappa shape index (κ2) is 8.85. The molecule has 162 valence electrons. The van der Waals surface area contributed by atoms with Gasteiger partial charge in [0.1, 0.15) is 11.9 Å². The molecule has 2 aliphatic rings. The van der Waals surface area contributed by atoms with E-state index in [9.17, 15) is 14.0 Å². The molecule has 1 atom stereocenters. The molecule has 2 amide bonds. The van der Waals surface area contributed by atoms with Crippen LogP contribution in [0.2, 0.25) is 0 Å². The fourth-order valence-corrected chi connectivity index (χ4v) is 3.99. The fourth-order valence-electron chi connectivity index (χ4n) is 3.99. The minimum Gasteiger partial charge on any atom is -0.381 e. The molecule has 1 unspecified atom stereocenters. The highest BCUT2D eigenvalue weighted by Gasteiger charge is 2.36. The lowest BCUT2D eigenvalue weighted by atomic mass is 9.74. The molecule has 2 aliphatic heterocycles. The molecule has 2 aromatic rings. The summed E-state index contributed by atoms with van der Waals surface area (Å²) in [5.74, 6) is -0.901. The molecule has 7 nitrogen and oxygen atoms in total. The van der Waals surface area contributed by atoms with E-state index in [0.29, 0.717) is 38.3 Å². The summed E-state index contributed by atoms with van der Waals surface area (Å²) in [6.07, 6.45) is 1.34. The van der Waals surface area contributed by atoms with E-state index in [4.69, 9.17) is 4.74 Å². The molecule has 1 fully saturated rings. The van der Waals surface area contributed by atoms with Crippen molar-refractivity contribution >= 4 is 23.3 Å². The Kier molecular flexibility index (Phi) is 5.99. The van der Waals surface area contributed by atoms with Gasteiger partial charge in [0, 0.05) is 25.2 Å². The van der Waals surface area contributed by atoms with Crippen molar-refractivity contribution in [3.63, 3.8) is 0 Å². The zero-order valence-corrected chi connectivity index (χ0v) is 17.3. The highest BCUT2D eigenvalue weighted by atomic mass is 19.1. The number of nitrogens with one attached hydrogen (secondary N) is 2. The predicted molar refractivity (Wildman–Crippen MR) is 115 cm³/mol. The number of nitrogens with zero attached hydrogens (tertiary/aromatic N) is 2. The first-order chi connectivity index (χ1) is 15.0. The van der Waals surface area contributed by atoms with Gasteiger partial charge in [0.15, 0.2) is 0 Å². The number of amidine groups is 1. The number of hydrogen-bond donors (Lipinski definition) is 2. The van der Waals surface area contributed by atoms with Crippen LogP contribution in [0.1, 0.15) is 25.3 Å². The van der Waals surface area contributed by atoms with Crippen molar-refractivity contribution < 1.29 is 18.7 Å². The topological polar surface area (TPSA) is 83.0 Å². The number of rotatable bonds is 5. The summed E-state index contributed by atoms with van der Waals surface area (Å²) in [6, 6.07) is 14.8. The van der Waals surface area contributed by atoms with Gasteiger partial charge in [-0.2, -0.15) is 0 Å². The SMILES string of the molecule is CC1N=C(C(=O)NCC2(c3cccc(F)c3)CCOCC2)NN(c2ccccc2)C1=O. The fraction of sp³-hybridized carbons (Fsp3) is 0.348. The number of hydrogen-bond acceptors (Lipinski definition) is 5. The Labute approximate surface area is 180 Å². The Bertz CT molecular complexity index is 989. The molecule has 0 spiro atoms. The number of halogens is 1. The zero-order chi connectivity index (χ0) is 21.8. The normalized spacial score (nSPS) is 20.6. The predicted octanol–water partition coefficient (Wildman–Crippen LogP) is 2.33. The molecule has 1 saturated heterocycles. The van der Waals surface area contributed by atoms with Crippen LogP contribution < -0.4 is 15.8 Å². The number of amides is 2. The van der Waals surface area contributed by atoms with Crippen LogP contribution in [-0.2, 0) is 19.7 Å². The van der Waals surface area contributed by atoms with Crippen LogP contribution >= 0.6 is 0 Å². The Balaban J connectivity index is 1.51. The van der Waals surface area contributed by atoms with E-state index in [1.165, 1.54) is 17.1 Å². The average molecular weight is 424 g/mol. The van der Waals surface area contributed by atoms with Gasteiger partial charge in [-0.15, -0.1) is 0 Å². The first-order valence-electron chi connectivity index (χ1n) is 10.3. The van der Waals surface area contributed by atoms with Crippen LogP contribution in [0.25, 0.3) is 0 Å². The van der Waals surface area contributed by atoms with Gasteiger partial charge in [-0.1, -0.05) is 30.3 Å². The van der Waals surface area contributed by atoms with Crippen LogP contribution in [0.15, 0.2) is 59.6 Å². The molecule has 0 aliphatic carbocycles. The van der Waals surface area contributed by atoms with E-state index < -0.39 is 17.4 Å². The largest absolute Gasteiger partial charge is 0.381 e. The van der Waals surface area contributed by atoms with E-state index in [1.807, 2.05) is 24.3 Å². The molecule has 31 heavy (non-hydrogen) atoms. The van der Waals surface area contributed by atoms with E-state index in [-0.39, 0.29) is 17.6 Å². The van der Waals surface area contributed by atoms with Crippen LogP contribution in [0.5, 0.6) is 0 Å². The molecule has 0 bridgehead atoms. The molecule has 2 aromatic carbocycles. The third-order valence-corrected chi connectivity index (χ3v) is 5.82. The summed E-state index contributed by atoms with van der Waals surface area (Å²) >= 11 is 0. The lowest BCUT2D eigenvalue weighted by Gasteiger charge is -2.38. The Morgan fingerprint density at radius 1 is 1.23 bits per heavy atom. The third kappa shape index (κ3) is 4.44. The van der Waals surface area contributed by atoms with Crippen molar-refractivity contribution in [2.45, 2.75) is 31.2 Å². The summed E-state index contributed by atoms with van der Waals surface area (Å²) in [7, 11) is 0. The van der Waals surface area contributed by atoms with Crippen molar-refractivity contribution in [2.75, 3.05) is 24.8 Å². The molecule has 0 aromatic heterocycles. The molecule has 4 rings (SSSR count). The highest BCUT2D eigenvalue weighted by Crippen LogP contribution is 2.34. The van der Waals surface area contributed by atoms with Gasteiger partial charge in [0.25, 0.3) is 11.8 Å². The van der Waals surface area contributed by atoms with Crippen molar-refractivity contribution in [1.82, 2.24) is 10.7 Å². The van der Waals surface area contributed by atoms with Gasteiger partial charge < -0.3 is 10.1 Å². The number of aliphatic imine (C=N–C) groups is 1. The monoisotopic (exact) mass is 424 g/mol. The van der Waals surface area contributed by atoms with E-state index in [0.717, 1.165) is 5.56 Å². The number of para-hydroxylation sites is 1. The summed E-state index contributed by atoms with van der Waals surface area (Å²) < 4.78 is 19.4. The minimum atomic E-state index is -0.692. The van der Waals surface area contributed by atoms with Crippen molar-refractivity contribution in [1.29, 1.82) is 0 Å². The smallest absolute Gasteiger partial charge is 0.288 e. The average Bonchev–Trinajstić information content (AvgIpc) is 2.80. The van der Waals surface area contributed by atoms with Crippen molar-refractivity contribution in [3.05, 3.63) is 66.0 Å². The van der Waals surface area contributed by atoms with Crippen LogP contribution in [0.4, 0.5) is 10.1 Å².